The van der Waals surface area contributed by atoms with Crippen LogP contribution in [0.15, 0.2) is 42.1 Å². The number of hydrogen-bond donors (Lipinski definition) is 1. The second-order valence-electron chi connectivity index (χ2n) is 4.41. The SMILES string of the molecule is C=CCCOCCn1c(SCC(=O)O)nc2ccccc21. The monoisotopic (exact) mass is 306 g/mol. The Morgan fingerprint density at radius 1 is 1.43 bits per heavy atom. The van der Waals surface area contributed by atoms with Crippen molar-refractivity contribution in [1.29, 1.82) is 0 Å². The van der Waals surface area contributed by atoms with Gasteiger partial charge in [0.25, 0.3) is 0 Å². The van der Waals surface area contributed by atoms with Crippen molar-refractivity contribution < 1.29 is 14.6 Å². The zero-order valence-electron chi connectivity index (χ0n) is 11.7. The van der Waals surface area contributed by atoms with Crippen LogP contribution in [0.1, 0.15) is 6.42 Å². The molecule has 2 aromatic rings. The van der Waals surface area contributed by atoms with Gasteiger partial charge < -0.3 is 14.4 Å². The molecule has 6 heteroatoms. The second kappa shape index (κ2) is 7.85. The fourth-order valence-electron chi connectivity index (χ4n) is 1.93. The van der Waals surface area contributed by atoms with Crippen LogP contribution in [-0.2, 0) is 16.1 Å². The van der Waals surface area contributed by atoms with Crippen LogP contribution in [0.5, 0.6) is 0 Å². The van der Waals surface area contributed by atoms with Crippen molar-refractivity contribution in [2.24, 2.45) is 0 Å². The van der Waals surface area contributed by atoms with Crippen molar-refractivity contribution in [3.05, 3.63) is 36.9 Å². The van der Waals surface area contributed by atoms with E-state index in [1.54, 1.807) is 0 Å². The Morgan fingerprint density at radius 2 is 2.24 bits per heavy atom. The van der Waals surface area contributed by atoms with Gasteiger partial charge in [0, 0.05) is 6.54 Å². The minimum absolute atomic E-state index is 0.000638. The van der Waals surface area contributed by atoms with Crippen molar-refractivity contribution >= 4 is 28.8 Å². The third-order valence-electron chi connectivity index (χ3n) is 2.87. The van der Waals surface area contributed by atoms with E-state index in [9.17, 15) is 4.79 Å². The lowest BCUT2D eigenvalue weighted by atomic mass is 10.3. The van der Waals surface area contributed by atoms with E-state index < -0.39 is 5.97 Å². The van der Waals surface area contributed by atoms with Crippen molar-refractivity contribution in [2.75, 3.05) is 19.0 Å². The zero-order chi connectivity index (χ0) is 15.1. The molecule has 0 aliphatic carbocycles. The summed E-state index contributed by atoms with van der Waals surface area (Å²) < 4.78 is 7.54. The molecule has 0 saturated carbocycles. The number of imidazole rings is 1. The number of nitrogens with zero attached hydrogens (tertiary/aromatic N) is 2. The maximum absolute atomic E-state index is 10.7. The molecule has 0 radical (unpaired) electrons. The van der Waals surface area contributed by atoms with Gasteiger partial charge in [-0.05, 0) is 18.6 Å². The van der Waals surface area contributed by atoms with E-state index in [-0.39, 0.29) is 5.75 Å². The molecule has 0 unspecified atom stereocenters. The van der Waals surface area contributed by atoms with Crippen molar-refractivity contribution in [2.45, 2.75) is 18.1 Å². The fraction of sp³-hybridized carbons (Fsp3) is 0.333. The fourth-order valence-corrected chi connectivity index (χ4v) is 2.69. The number of fused-ring (bicyclic) bond motifs is 1. The average molecular weight is 306 g/mol. The first-order valence-electron chi connectivity index (χ1n) is 6.71. The largest absolute Gasteiger partial charge is 0.481 e. The molecule has 0 spiro atoms. The normalized spacial score (nSPS) is 10.9. The van der Waals surface area contributed by atoms with Crippen molar-refractivity contribution in [1.82, 2.24) is 9.55 Å². The van der Waals surface area contributed by atoms with Crippen molar-refractivity contribution in [3.8, 4) is 0 Å². The van der Waals surface area contributed by atoms with Crippen LogP contribution in [0.25, 0.3) is 11.0 Å². The number of carboxylic acid groups (broad SMARTS) is 1. The van der Waals surface area contributed by atoms with Crippen LogP contribution in [0, 0.1) is 0 Å². The molecule has 0 atom stereocenters. The summed E-state index contributed by atoms with van der Waals surface area (Å²) in [6.07, 6.45) is 2.64. The summed E-state index contributed by atoms with van der Waals surface area (Å²) in [6.45, 7) is 5.51. The van der Waals surface area contributed by atoms with Crippen LogP contribution >= 0.6 is 11.8 Å². The lowest BCUT2D eigenvalue weighted by Crippen LogP contribution is -2.08. The first kappa shape index (κ1) is 15.6. The van der Waals surface area contributed by atoms with Gasteiger partial charge in [-0.3, -0.25) is 4.79 Å². The van der Waals surface area contributed by atoms with Gasteiger partial charge in [0.05, 0.1) is 30.0 Å². The highest BCUT2D eigenvalue weighted by Crippen LogP contribution is 2.23. The Balaban J connectivity index is 2.11. The molecule has 0 amide bonds. The van der Waals surface area contributed by atoms with Gasteiger partial charge in [-0.25, -0.2) is 4.98 Å². The number of aromatic nitrogens is 2. The Morgan fingerprint density at radius 3 is 3.00 bits per heavy atom. The highest BCUT2D eigenvalue weighted by Gasteiger charge is 2.12. The lowest BCUT2D eigenvalue weighted by Gasteiger charge is -2.08. The summed E-state index contributed by atoms with van der Waals surface area (Å²) in [5.74, 6) is -0.846. The van der Waals surface area contributed by atoms with E-state index in [0.717, 1.165) is 17.5 Å². The summed E-state index contributed by atoms with van der Waals surface area (Å²) in [4.78, 5) is 15.2. The van der Waals surface area contributed by atoms with E-state index in [1.165, 1.54) is 11.8 Å². The number of thioether (sulfide) groups is 1. The Labute approximate surface area is 127 Å². The molecule has 2 rings (SSSR count). The van der Waals surface area contributed by atoms with Gasteiger partial charge in [0.15, 0.2) is 5.16 Å². The van der Waals surface area contributed by atoms with E-state index in [4.69, 9.17) is 9.84 Å². The third kappa shape index (κ3) is 4.34. The molecule has 0 saturated heterocycles. The Bertz CT molecular complexity index is 624. The number of ether oxygens (including phenoxy) is 1. The average Bonchev–Trinajstić information content (AvgIpc) is 2.83. The van der Waals surface area contributed by atoms with Crippen LogP contribution in [0.3, 0.4) is 0 Å². The highest BCUT2D eigenvalue weighted by atomic mass is 32.2. The van der Waals surface area contributed by atoms with Gasteiger partial charge in [-0.15, -0.1) is 6.58 Å². The summed E-state index contributed by atoms with van der Waals surface area (Å²) in [5, 5.41) is 9.54. The first-order valence-corrected chi connectivity index (χ1v) is 7.69. The van der Waals surface area contributed by atoms with Crippen LogP contribution in [-0.4, -0.2) is 39.6 Å². The van der Waals surface area contributed by atoms with Crippen molar-refractivity contribution in [3.63, 3.8) is 0 Å². The molecule has 0 aliphatic rings. The Kier molecular flexibility index (Phi) is 5.83. The maximum Gasteiger partial charge on any atom is 0.313 e. The topological polar surface area (TPSA) is 64.3 Å². The summed E-state index contributed by atoms with van der Waals surface area (Å²) in [6, 6.07) is 7.78. The number of carbonyl (C=O) groups is 1. The minimum Gasteiger partial charge on any atom is -0.481 e. The van der Waals surface area contributed by atoms with Gasteiger partial charge in [-0.2, -0.15) is 0 Å². The van der Waals surface area contributed by atoms with E-state index >= 15 is 0 Å². The van der Waals surface area contributed by atoms with Crippen LogP contribution in [0.2, 0.25) is 0 Å². The smallest absolute Gasteiger partial charge is 0.313 e. The molecule has 1 N–H and O–H groups in total. The number of carboxylic acids is 1. The lowest BCUT2D eigenvalue weighted by molar-refractivity contribution is -0.133. The van der Waals surface area contributed by atoms with E-state index in [0.29, 0.717) is 24.9 Å². The third-order valence-corrected chi connectivity index (χ3v) is 3.83. The molecule has 5 nitrogen and oxygen atoms in total. The van der Waals surface area contributed by atoms with Gasteiger partial charge in [0.2, 0.25) is 0 Å². The molecular formula is C15H18N2O3S. The molecule has 0 bridgehead atoms. The summed E-state index contributed by atoms with van der Waals surface area (Å²) >= 11 is 1.23. The summed E-state index contributed by atoms with van der Waals surface area (Å²) in [5.41, 5.74) is 1.87. The first-order chi connectivity index (χ1) is 10.2. The van der Waals surface area contributed by atoms with Crippen LogP contribution in [0.4, 0.5) is 0 Å². The minimum atomic E-state index is -0.846. The summed E-state index contributed by atoms with van der Waals surface area (Å²) in [7, 11) is 0. The van der Waals surface area contributed by atoms with E-state index in [1.807, 2.05) is 34.9 Å². The molecule has 0 fully saturated rings. The quantitative estimate of drug-likeness (QED) is 0.438. The maximum atomic E-state index is 10.7. The Hall–Kier alpha value is -1.79. The molecule has 1 aromatic carbocycles. The highest BCUT2D eigenvalue weighted by molar-refractivity contribution is 7.99. The molecule has 21 heavy (non-hydrogen) atoms. The molecular weight excluding hydrogens is 288 g/mol. The predicted molar refractivity (Wildman–Crippen MR) is 83.7 cm³/mol. The second-order valence-corrected chi connectivity index (χ2v) is 5.35. The predicted octanol–water partition coefficient (Wildman–Crippen LogP) is 2.81. The zero-order valence-corrected chi connectivity index (χ0v) is 12.5. The molecule has 112 valence electrons. The number of para-hydroxylation sites is 2. The van der Waals surface area contributed by atoms with Gasteiger partial charge in [-0.1, -0.05) is 30.0 Å². The number of benzene rings is 1. The molecule has 1 heterocycles. The number of aliphatic carboxylic acids is 1. The number of rotatable bonds is 9. The molecule has 0 aliphatic heterocycles. The van der Waals surface area contributed by atoms with E-state index in [2.05, 4.69) is 11.6 Å². The molecule has 1 aromatic heterocycles. The van der Waals surface area contributed by atoms with Gasteiger partial charge in [0.1, 0.15) is 0 Å². The van der Waals surface area contributed by atoms with Gasteiger partial charge >= 0.3 is 5.97 Å². The standard InChI is InChI=1S/C15H18N2O3S/c1-2-3-9-20-10-8-17-13-7-5-4-6-12(13)16-15(17)21-11-14(18)19/h2,4-7H,1,3,8-11H2,(H,18,19). The van der Waals surface area contributed by atoms with Crippen LogP contribution < -0.4 is 0 Å². The number of hydrogen-bond acceptors (Lipinski definition) is 4.